The Balaban J connectivity index is 2.33. The summed E-state index contributed by atoms with van der Waals surface area (Å²) in [5.41, 5.74) is 0. The molecule has 1 saturated heterocycles. The van der Waals surface area contributed by atoms with Crippen LogP contribution in [0.3, 0.4) is 0 Å². The highest BCUT2D eigenvalue weighted by atomic mass is 32.2. The van der Waals surface area contributed by atoms with Gasteiger partial charge in [-0.1, -0.05) is 212 Å². The van der Waals surface area contributed by atoms with Crippen molar-refractivity contribution >= 4 is 22.1 Å². The largest absolute Gasteiger partial charge is 0.462 e. The van der Waals surface area contributed by atoms with Gasteiger partial charge in [-0.05, 0) is 38.5 Å². The molecule has 0 saturated carbocycles. The number of unbranched alkanes of at least 4 members (excludes halogenated alkanes) is 32. The Labute approximate surface area is 396 Å². The van der Waals surface area contributed by atoms with Crippen LogP contribution < -0.4 is 0 Å². The first-order chi connectivity index (χ1) is 31.5. The lowest BCUT2D eigenvalue weighted by Crippen LogP contribution is -2.60. The SMILES string of the molecule is CCCCCCCC/C=C/CCCCCCCC(=O)OC[C@H](CO[C@H]1O[C@H](CS(=O)(=O)O)[C@@H](O)C(O)C1O)OC(=O)CCCCCCCCCCCCCCCCCCCCCCCC. The van der Waals surface area contributed by atoms with Crippen LogP contribution in [0.15, 0.2) is 12.2 Å². The lowest BCUT2D eigenvalue weighted by molar-refractivity contribution is -0.297. The first-order valence-electron chi connectivity index (χ1n) is 26.7. The maximum Gasteiger partial charge on any atom is 0.306 e. The van der Waals surface area contributed by atoms with Gasteiger partial charge in [-0.15, -0.1) is 0 Å². The molecule has 0 aromatic heterocycles. The summed E-state index contributed by atoms with van der Waals surface area (Å²) >= 11 is 0. The quantitative estimate of drug-likeness (QED) is 0.0196. The van der Waals surface area contributed by atoms with Gasteiger partial charge < -0.3 is 34.3 Å². The third-order valence-corrected chi connectivity index (χ3v) is 13.3. The van der Waals surface area contributed by atoms with Gasteiger partial charge >= 0.3 is 11.9 Å². The Morgan fingerprint density at radius 1 is 0.508 bits per heavy atom. The number of aliphatic hydroxyl groups excluding tert-OH is 3. The number of carbonyl (C=O) groups is 2. The van der Waals surface area contributed by atoms with Gasteiger partial charge in [-0.25, -0.2) is 0 Å². The second-order valence-corrected chi connectivity index (χ2v) is 20.4. The first kappa shape index (κ1) is 61.4. The second kappa shape index (κ2) is 42.5. The third kappa shape index (κ3) is 37.0. The molecule has 1 rings (SSSR count). The molecule has 0 aromatic carbocycles. The number of carbonyl (C=O) groups excluding carboxylic acids is 2. The summed E-state index contributed by atoms with van der Waals surface area (Å²) in [6, 6.07) is 0. The highest BCUT2D eigenvalue weighted by Gasteiger charge is 2.46. The van der Waals surface area contributed by atoms with E-state index < -0.39 is 71.2 Å². The highest BCUT2D eigenvalue weighted by molar-refractivity contribution is 7.85. The van der Waals surface area contributed by atoms with Crippen molar-refractivity contribution in [2.24, 2.45) is 0 Å². The monoisotopic (exact) mass is 947 g/mol. The van der Waals surface area contributed by atoms with Crippen molar-refractivity contribution in [3.63, 3.8) is 0 Å². The molecule has 0 bridgehead atoms. The Hall–Kier alpha value is -1.61. The number of ether oxygens (including phenoxy) is 4. The van der Waals surface area contributed by atoms with Crippen LogP contribution in [0.2, 0.25) is 0 Å². The van der Waals surface area contributed by atoms with Crippen LogP contribution in [-0.2, 0) is 38.7 Å². The predicted molar refractivity (Wildman–Crippen MR) is 261 cm³/mol. The number of hydrogen-bond acceptors (Lipinski definition) is 11. The van der Waals surface area contributed by atoms with E-state index in [-0.39, 0.29) is 19.4 Å². The van der Waals surface area contributed by atoms with Crippen molar-refractivity contribution in [2.75, 3.05) is 19.0 Å². The van der Waals surface area contributed by atoms with Gasteiger partial charge in [0.15, 0.2) is 12.4 Å². The molecule has 1 aliphatic rings. The lowest BCUT2D eigenvalue weighted by atomic mass is 10.00. The van der Waals surface area contributed by atoms with Gasteiger partial charge in [0.05, 0.1) is 6.61 Å². The molecule has 1 aliphatic heterocycles. The molecule has 384 valence electrons. The van der Waals surface area contributed by atoms with E-state index in [4.69, 9.17) is 18.9 Å². The summed E-state index contributed by atoms with van der Waals surface area (Å²) in [6.45, 7) is 3.79. The number of rotatable bonds is 46. The predicted octanol–water partition coefficient (Wildman–Crippen LogP) is 12.2. The first-order valence-corrected chi connectivity index (χ1v) is 28.4. The second-order valence-electron chi connectivity index (χ2n) is 18.9. The molecule has 12 nitrogen and oxygen atoms in total. The molecule has 0 aliphatic carbocycles. The minimum atomic E-state index is -4.60. The molecular formula is C52H98O12S. The standard InChI is InChI=1S/C52H98O12S/c1-3-5-7-9-11-13-15-17-19-20-21-22-23-24-25-27-29-31-33-35-37-39-41-48(54)63-45(43-62-52-51(57)50(56)49(55)46(64-52)44-65(58,59)60)42-61-47(53)40-38-36-34-32-30-28-26-18-16-14-12-10-8-6-4-2/h18,26,45-46,49-52,55-57H,3-17,19-25,27-44H2,1-2H3,(H,58,59,60)/b26-18+/t45-,46-,49-,50?,51?,52+/m1/s1. The molecule has 0 spiro atoms. The molecular weight excluding hydrogens is 849 g/mol. The van der Waals surface area contributed by atoms with Crippen molar-refractivity contribution in [1.29, 1.82) is 0 Å². The zero-order valence-electron chi connectivity index (χ0n) is 41.4. The van der Waals surface area contributed by atoms with Crippen molar-refractivity contribution in [3.8, 4) is 0 Å². The van der Waals surface area contributed by atoms with Crippen LogP contribution in [-0.4, -0.2) is 96.0 Å². The van der Waals surface area contributed by atoms with E-state index in [0.717, 1.165) is 57.8 Å². The molecule has 0 aromatic rings. The number of allylic oxidation sites excluding steroid dienone is 2. The topological polar surface area (TPSA) is 186 Å². The van der Waals surface area contributed by atoms with Gasteiger partial charge in [-0.2, -0.15) is 8.42 Å². The van der Waals surface area contributed by atoms with Crippen LogP contribution >= 0.6 is 0 Å². The minimum absolute atomic E-state index is 0.169. The van der Waals surface area contributed by atoms with E-state index >= 15 is 0 Å². The third-order valence-electron chi connectivity index (χ3n) is 12.6. The molecule has 13 heteroatoms. The zero-order chi connectivity index (χ0) is 47.6. The van der Waals surface area contributed by atoms with Gasteiger partial charge in [0.1, 0.15) is 36.8 Å². The summed E-state index contributed by atoms with van der Waals surface area (Å²) in [4.78, 5) is 25.5. The maximum atomic E-state index is 12.9. The van der Waals surface area contributed by atoms with Crippen LogP contribution in [0.4, 0.5) is 0 Å². The smallest absolute Gasteiger partial charge is 0.306 e. The fourth-order valence-electron chi connectivity index (χ4n) is 8.44. The molecule has 6 atom stereocenters. The van der Waals surface area contributed by atoms with E-state index in [1.165, 1.54) is 154 Å². The van der Waals surface area contributed by atoms with Crippen LogP contribution in [0.25, 0.3) is 0 Å². The average molecular weight is 947 g/mol. The van der Waals surface area contributed by atoms with E-state index in [9.17, 15) is 37.9 Å². The molecule has 1 heterocycles. The van der Waals surface area contributed by atoms with E-state index in [1.807, 2.05) is 0 Å². The van der Waals surface area contributed by atoms with Crippen LogP contribution in [0.1, 0.15) is 251 Å². The Morgan fingerprint density at radius 3 is 1.28 bits per heavy atom. The van der Waals surface area contributed by atoms with Crippen molar-refractivity contribution < 1.29 is 56.8 Å². The van der Waals surface area contributed by atoms with Crippen molar-refractivity contribution in [1.82, 2.24) is 0 Å². The molecule has 0 radical (unpaired) electrons. The summed E-state index contributed by atoms with van der Waals surface area (Å²) < 4.78 is 54.3. The number of esters is 2. The van der Waals surface area contributed by atoms with Gasteiger partial charge in [0.2, 0.25) is 0 Å². The normalized spacial score (nSPS) is 19.5. The van der Waals surface area contributed by atoms with E-state index in [0.29, 0.717) is 12.8 Å². The molecule has 65 heavy (non-hydrogen) atoms. The Kier molecular flexibility index (Phi) is 40.1. The van der Waals surface area contributed by atoms with Gasteiger partial charge in [0.25, 0.3) is 10.1 Å². The summed E-state index contributed by atoms with van der Waals surface area (Å²) in [6.07, 6.45) is 38.3. The number of hydrogen-bond donors (Lipinski definition) is 4. The van der Waals surface area contributed by atoms with Crippen molar-refractivity contribution in [3.05, 3.63) is 12.2 Å². The summed E-state index contributed by atoms with van der Waals surface area (Å²) in [5.74, 6) is -1.97. The summed E-state index contributed by atoms with van der Waals surface area (Å²) in [7, 11) is -4.60. The Bertz CT molecular complexity index is 1250. The lowest BCUT2D eigenvalue weighted by Gasteiger charge is -2.40. The highest BCUT2D eigenvalue weighted by Crippen LogP contribution is 2.24. The molecule has 1 fully saturated rings. The van der Waals surface area contributed by atoms with Crippen molar-refractivity contribution in [2.45, 2.75) is 288 Å². The fourth-order valence-corrected chi connectivity index (χ4v) is 9.13. The molecule has 2 unspecified atom stereocenters. The van der Waals surface area contributed by atoms with E-state index in [1.54, 1.807) is 0 Å². The van der Waals surface area contributed by atoms with Gasteiger partial charge in [0, 0.05) is 12.8 Å². The van der Waals surface area contributed by atoms with Crippen LogP contribution in [0.5, 0.6) is 0 Å². The van der Waals surface area contributed by atoms with Gasteiger partial charge in [-0.3, -0.25) is 14.1 Å². The molecule has 0 amide bonds. The van der Waals surface area contributed by atoms with Crippen LogP contribution in [0, 0.1) is 0 Å². The number of aliphatic hydroxyl groups is 3. The minimum Gasteiger partial charge on any atom is -0.462 e. The summed E-state index contributed by atoms with van der Waals surface area (Å²) in [5, 5.41) is 31.0. The Morgan fingerprint density at radius 2 is 0.877 bits per heavy atom. The van der Waals surface area contributed by atoms with E-state index in [2.05, 4.69) is 26.0 Å². The average Bonchev–Trinajstić information content (AvgIpc) is 3.27. The maximum absolute atomic E-state index is 12.9. The fraction of sp³-hybridized carbons (Fsp3) is 0.923. The molecule has 4 N–H and O–H groups in total. The zero-order valence-corrected chi connectivity index (χ0v) is 42.2.